The lowest BCUT2D eigenvalue weighted by Crippen LogP contribution is -2.37. The smallest absolute Gasteiger partial charge is 0.191 e. The molecule has 0 aliphatic rings. The van der Waals surface area contributed by atoms with Crippen molar-refractivity contribution in [3.05, 3.63) is 42.1 Å². The van der Waals surface area contributed by atoms with E-state index in [2.05, 4.69) is 34.6 Å². The molecule has 0 atom stereocenters. The Bertz CT molecular complexity index is 592. The summed E-state index contributed by atoms with van der Waals surface area (Å²) < 4.78 is 5.40. The third kappa shape index (κ3) is 5.77. The van der Waals surface area contributed by atoms with E-state index in [4.69, 9.17) is 4.52 Å². The van der Waals surface area contributed by atoms with Gasteiger partial charge in [-0.2, -0.15) is 0 Å². The van der Waals surface area contributed by atoms with Gasteiger partial charge in [-0.15, -0.1) is 0 Å². The first-order valence-electron chi connectivity index (χ1n) is 8.36. The van der Waals surface area contributed by atoms with Gasteiger partial charge >= 0.3 is 0 Å². The number of nitrogens with zero attached hydrogens (tertiary/aromatic N) is 2. The highest BCUT2D eigenvalue weighted by Gasteiger charge is 2.06. The lowest BCUT2D eigenvalue weighted by atomic mass is 10.2. The highest BCUT2D eigenvalue weighted by molar-refractivity contribution is 5.79. The maximum absolute atomic E-state index is 5.40. The third-order valence-electron chi connectivity index (χ3n) is 3.43. The monoisotopic (exact) mass is 314 g/mol. The first-order valence-corrected chi connectivity index (χ1v) is 8.36. The van der Waals surface area contributed by atoms with E-state index in [1.807, 2.05) is 36.4 Å². The van der Waals surface area contributed by atoms with E-state index in [1.165, 1.54) is 12.8 Å². The molecule has 124 valence electrons. The number of rotatable bonds is 8. The van der Waals surface area contributed by atoms with Crippen molar-refractivity contribution in [2.24, 2.45) is 4.99 Å². The van der Waals surface area contributed by atoms with Crippen LogP contribution in [0, 0.1) is 0 Å². The average molecular weight is 314 g/mol. The molecule has 2 rings (SSSR count). The molecule has 0 unspecified atom stereocenters. The number of hydrogen-bond acceptors (Lipinski definition) is 3. The number of guanidine groups is 1. The zero-order valence-electron chi connectivity index (χ0n) is 14.0. The van der Waals surface area contributed by atoms with Gasteiger partial charge in [-0.1, -0.05) is 55.3 Å². The molecule has 0 aliphatic heterocycles. The van der Waals surface area contributed by atoms with Crippen LogP contribution in [0.15, 0.2) is 45.9 Å². The number of nitrogens with one attached hydrogen (secondary N) is 2. The summed E-state index contributed by atoms with van der Waals surface area (Å²) in [6, 6.07) is 11.9. The van der Waals surface area contributed by atoms with Crippen LogP contribution in [0.4, 0.5) is 0 Å². The number of aromatic nitrogens is 1. The van der Waals surface area contributed by atoms with Crippen molar-refractivity contribution >= 4 is 5.96 Å². The fourth-order valence-corrected chi connectivity index (χ4v) is 2.21. The predicted molar refractivity (Wildman–Crippen MR) is 94.3 cm³/mol. The molecule has 0 radical (unpaired) electrons. The van der Waals surface area contributed by atoms with Crippen LogP contribution in [0.5, 0.6) is 0 Å². The molecular formula is C18H26N4O. The number of benzene rings is 1. The van der Waals surface area contributed by atoms with E-state index >= 15 is 0 Å². The Morgan fingerprint density at radius 2 is 1.96 bits per heavy atom. The minimum atomic E-state index is 0.499. The van der Waals surface area contributed by atoms with Crippen molar-refractivity contribution in [2.75, 3.05) is 13.1 Å². The summed E-state index contributed by atoms with van der Waals surface area (Å²) >= 11 is 0. The maximum Gasteiger partial charge on any atom is 0.191 e. The highest BCUT2D eigenvalue weighted by atomic mass is 16.5. The first kappa shape index (κ1) is 17.1. The summed E-state index contributed by atoms with van der Waals surface area (Å²) in [5.41, 5.74) is 1.86. The molecule has 1 aromatic heterocycles. The van der Waals surface area contributed by atoms with Crippen molar-refractivity contribution in [1.29, 1.82) is 0 Å². The van der Waals surface area contributed by atoms with E-state index < -0.39 is 0 Å². The summed E-state index contributed by atoms with van der Waals surface area (Å²) in [4.78, 5) is 4.56. The quantitative estimate of drug-likeness (QED) is 0.444. The standard InChI is InChI=1S/C18H26N4O/c1-3-5-9-12-20-18(19-4-2)21-14-16-13-17(23-22-16)15-10-7-6-8-11-15/h6-8,10-11,13H,3-5,9,12,14H2,1-2H3,(H2,19,20,21). The van der Waals surface area contributed by atoms with Gasteiger partial charge in [0.25, 0.3) is 0 Å². The van der Waals surface area contributed by atoms with Crippen LogP contribution >= 0.6 is 0 Å². The predicted octanol–water partition coefficient (Wildman–Crippen LogP) is 3.59. The molecule has 0 fully saturated rings. The summed E-state index contributed by atoms with van der Waals surface area (Å²) in [5, 5.41) is 10.7. The van der Waals surface area contributed by atoms with E-state index in [0.29, 0.717) is 6.54 Å². The number of unbranched alkanes of at least 4 members (excludes halogenated alkanes) is 2. The molecule has 0 spiro atoms. The molecule has 1 aromatic carbocycles. The van der Waals surface area contributed by atoms with Crippen LogP contribution in [0.25, 0.3) is 11.3 Å². The van der Waals surface area contributed by atoms with Crippen LogP contribution in [-0.2, 0) is 6.54 Å². The lowest BCUT2D eigenvalue weighted by Gasteiger charge is -2.10. The van der Waals surface area contributed by atoms with E-state index in [0.717, 1.165) is 42.5 Å². The van der Waals surface area contributed by atoms with Crippen molar-refractivity contribution in [3.63, 3.8) is 0 Å². The molecular weight excluding hydrogens is 288 g/mol. The van der Waals surface area contributed by atoms with Gasteiger partial charge in [0, 0.05) is 24.7 Å². The van der Waals surface area contributed by atoms with Crippen molar-refractivity contribution in [1.82, 2.24) is 15.8 Å². The van der Waals surface area contributed by atoms with E-state index in [1.54, 1.807) is 0 Å². The van der Waals surface area contributed by atoms with Crippen molar-refractivity contribution < 1.29 is 4.52 Å². The Hall–Kier alpha value is -2.30. The summed E-state index contributed by atoms with van der Waals surface area (Å²) in [6.07, 6.45) is 3.61. The van der Waals surface area contributed by atoms with Crippen molar-refractivity contribution in [2.45, 2.75) is 39.7 Å². The van der Waals surface area contributed by atoms with Gasteiger partial charge in [-0.25, -0.2) is 4.99 Å². The molecule has 2 aromatic rings. The van der Waals surface area contributed by atoms with E-state index in [-0.39, 0.29) is 0 Å². The normalized spacial score (nSPS) is 11.5. The Kier molecular flexibility index (Phi) is 7.17. The van der Waals surface area contributed by atoms with Crippen LogP contribution in [0.1, 0.15) is 38.8 Å². The molecule has 0 bridgehead atoms. The van der Waals surface area contributed by atoms with Crippen LogP contribution in [-0.4, -0.2) is 24.2 Å². The van der Waals surface area contributed by atoms with Crippen LogP contribution < -0.4 is 10.6 Å². The average Bonchev–Trinajstić information content (AvgIpc) is 3.06. The molecule has 0 aliphatic carbocycles. The minimum Gasteiger partial charge on any atom is -0.357 e. The third-order valence-corrected chi connectivity index (χ3v) is 3.43. The molecule has 5 heteroatoms. The van der Waals surface area contributed by atoms with Gasteiger partial charge in [0.05, 0.1) is 6.54 Å². The Morgan fingerprint density at radius 1 is 1.13 bits per heavy atom. The molecule has 0 amide bonds. The minimum absolute atomic E-state index is 0.499. The first-order chi connectivity index (χ1) is 11.3. The second-order valence-corrected chi connectivity index (χ2v) is 5.38. The summed E-state index contributed by atoms with van der Waals surface area (Å²) in [7, 11) is 0. The number of aliphatic imine (C=N–C) groups is 1. The van der Waals surface area contributed by atoms with Gasteiger partial charge in [0.15, 0.2) is 11.7 Å². The molecule has 1 heterocycles. The Balaban J connectivity index is 1.92. The van der Waals surface area contributed by atoms with Gasteiger partial charge < -0.3 is 15.2 Å². The van der Waals surface area contributed by atoms with Gasteiger partial charge in [-0.3, -0.25) is 0 Å². The topological polar surface area (TPSA) is 62.5 Å². The van der Waals surface area contributed by atoms with Crippen LogP contribution in [0.3, 0.4) is 0 Å². The largest absolute Gasteiger partial charge is 0.357 e. The molecule has 0 saturated carbocycles. The van der Waals surface area contributed by atoms with Gasteiger partial charge in [-0.05, 0) is 13.3 Å². The summed E-state index contributed by atoms with van der Waals surface area (Å²) in [6.45, 7) is 6.54. The molecule has 5 nitrogen and oxygen atoms in total. The van der Waals surface area contributed by atoms with Gasteiger partial charge in [0.1, 0.15) is 5.69 Å². The lowest BCUT2D eigenvalue weighted by molar-refractivity contribution is 0.424. The van der Waals surface area contributed by atoms with E-state index in [9.17, 15) is 0 Å². The Morgan fingerprint density at radius 3 is 2.70 bits per heavy atom. The SMILES string of the molecule is CCCCCNC(=NCc1cc(-c2ccccc2)on1)NCC. The summed E-state index contributed by atoms with van der Waals surface area (Å²) in [5.74, 6) is 1.60. The molecule has 0 saturated heterocycles. The van der Waals surface area contributed by atoms with Crippen LogP contribution in [0.2, 0.25) is 0 Å². The second kappa shape index (κ2) is 9.66. The molecule has 2 N–H and O–H groups in total. The fourth-order valence-electron chi connectivity index (χ4n) is 2.21. The Labute approximate surface area is 138 Å². The zero-order chi connectivity index (χ0) is 16.3. The number of hydrogen-bond donors (Lipinski definition) is 2. The highest BCUT2D eigenvalue weighted by Crippen LogP contribution is 2.19. The maximum atomic E-state index is 5.40. The van der Waals surface area contributed by atoms with Crippen molar-refractivity contribution in [3.8, 4) is 11.3 Å². The zero-order valence-corrected chi connectivity index (χ0v) is 14.0. The van der Waals surface area contributed by atoms with Gasteiger partial charge in [0.2, 0.25) is 0 Å². The fraction of sp³-hybridized carbons (Fsp3) is 0.444. The second-order valence-electron chi connectivity index (χ2n) is 5.38. The molecule has 23 heavy (non-hydrogen) atoms.